The highest BCUT2D eigenvalue weighted by Gasteiger charge is 2.35. The summed E-state index contributed by atoms with van der Waals surface area (Å²) in [5.41, 5.74) is 2.89. The van der Waals surface area contributed by atoms with Crippen LogP contribution in [0.4, 0.5) is 5.82 Å². The van der Waals surface area contributed by atoms with E-state index in [1.54, 1.807) is 6.33 Å². The number of hydrogen-bond donors (Lipinski definition) is 2. The first-order valence-corrected chi connectivity index (χ1v) is 13.9. The SMILES string of the molecule is C[C@@H]1C[C@@H](O)c2ncnc(N3CCN(C(=O)C(CCNC4CCOCC4)c4ccc(Br)cc4)CC3)c21. The summed E-state index contributed by atoms with van der Waals surface area (Å²) in [6, 6.07) is 8.64. The van der Waals surface area contributed by atoms with Gasteiger partial charge >= 0.3 is 0 Å². The lowest BCUT2D eigenvalue weighted by atomic mass is 9.93. The van der Waals surface area contributed by atoms with Crippen LogP contribution in [0.3, 0.4) is 0 Å². The highest BCUT2D eigenvalue weighted by Crippen LogP contribution is 2.42. The highest BCUT2D eigenvalue weighted by molar-refractivity contribution is 9.10. The molecule has 2 aliphatic heterocycles. The van der Waals surface area contributed by atoms with Crippen molar-refractivity contribution in [2.24, 2.45) is 0 Å². The fourth-order valence-electron chi connectivity index (χ4n) is 5.77. The Morgan fingerprint density at radius 1 is 1.17 bits per heavy atom. The smallest absolute Gasteiger partial charge is 0.230 e. The lowest BCUT2D eigenvalue weighted by Gasteiger charge is -2.38. The molecule has 2 N–H and O–H groups in total. The van der Waals surface area contributed by atoms with Crippen LogP contribution in [0.5, 0.6) is 0 Å². The third kappa shape index (κ3) is 5.59. The first-order valence-electron chi connectivity index (χ1n) is 13.1. The Hall–Kier alpha value is -2.07. The Labute approximate surface area is 221 Å². The molecule has 2 aromatic rings. The zero-order chi connectivity index (χ0) is 25.1. The molecule has 3 aliphatic rings. The average Bonchev–Trinajstić information content (AvgIpc) is 3.21. The number of piperazine rings is 1. The number of carbonyl (C=O) groups is 1. The number of aliphatic hydroxyl groups excluding tert-OH is 1. The van der Waals surface area contributed by atoms with Crippen molar-refractivity contribution in [1.82, 2.24) is 20.2 Å². The summed E-state index contributed by atoms with van der Waals surface area (Å²) in [5, 5.41) is 14.0. The van der Waals surface area contributed by atoms with Crippen LogP contribution < -0.4 is 10.2 Å². The molecule has 1 aromatic heterocycles. The van der Waals surface area contributed by atoms with Gasteiger partial charge in [-0.2, -0.15) is 0 Å². The summed E-state index contributed by atoms with van der Waals surface area (Å²) in [6.45, 7) is 7.33. The fraction of sp³-hybridized carbons (Fsp3) is 0.593. The van der Waals surface area contributed by atoms with Gasteiger partial charge in [-0.15, -0.1) is 0 Å². The third-order valence-corrected chi connectivity index (χ3v) is 8.36. The van der Waals surface area contributed by atoms with Crippen molar-refractivity contribution < 1.29 is 14.6 Å². The molecule has 1 aliphatic carbocycles. The van der Waals surface area contributed by atoms with Gasteiger partial charge in [-0.3, -0.25) is 4.79 Å². The second-order valence-electron chi connectivity index (χ2n) is 10.2. The number of hydrogen-bond acceptors (Lipinski definition) is 7. The number of amides is 1. The van der Waals surface area contributed by atoms with Crippen molar-refractivity contribution in [2.75, 3.05) is 50.8 Å². The average molecular weight is 559 g/mol. The van der Waals surface area contributed by atoms with E-state index in [1.165, 1.54) is 0 Å². The number of fused-ring (bicyclic) bond motifs is 1. The number of benzene rings is 1. The number of ether oxygens (including phenoxy) is 1. The van der Waals surface area contributed by atoms with Gasteiger partial charge in [0.2, 0.25) is 5.91 Å². The summed E-state index contributed by atoms with van der Waals surface area (Å²) in [5.74, 6) is 1.18. The van der Waals surface area contributed by atoms with Crippen LogP contribution in [0.15, 0.2) is 35.1 Å². The number of nitrogens with one attached hydrogen (secondary N) is 1. The minimum Gasteiger partial charge on any atom is -0.387 e. The number of anilines is 1. The van der Waals surface area contributed by atoms with Crippen molar-refractivity contribution in [1.29, 1.82) is 0 Å². The highest BCUT2D eigenvalue weighted by atomic mass is 79.9. The standard InChI is InChI=1S/C27H36BrN5O3/c1-18-16-23(34)25-24(18)26(31-17-30-25)32-10-12-33(13-11-32)27(35)22(19-2-4-20(28)5-3-19)6-9-29-21-7-14-36-15-8-21/h2-5,17-18,21-23,29,34H,6-16H2,1H3/t18-,22?,23-/m1/s1. The Morgan fingerprint density at radius 3 is 2.61 bits per heavy atom. The number of nitrogens with zero attached hydrogens (tertiary/aromatic N) is 4. The molecule has 8 nitrogen and oxygen atoms in total. The van der Waals surface area contributed by atoms with Gasteiger partial charge in [0.1, 0.15) is 12.1 Å². The second kappa shape index (κ2) is 11.5. The molecule has 3 heterocycles. The van der Waals surface area contributed by atoms with E-state index in [2.05, 4.69) is 55.2 Å². The van der Waals surface area contributed by atoms with E-state index in [0.29, 0.717) is 25.6 Å². The van der Waals surface area contributed by atoms with Crippen molar-refractivity contribution in [3.63, 3.8) is 0 Å². The van der Waals surface area contributed by atoms with Gasteiger partial charge in [0, 0.05) is 55.5 Å². The quantitative estimate of drug-likeness (QED) is 0.539. The molecule has 1 aromatic carbocycles. The van der Waals surface area contributed by atoms with Crippen molar-refractivity contribution in [2.45, 2.75) is 56.6 Å². The predicted octanol–water partition coefficient (Wildman–Crippen LogP) is 3.37. The molecular formula is C27H36BrN5O3. The Kier molecular flexibility index (Phi) is 8.20. The zero-order valence-corrected chi connectivity index (χ0v) is 22.5. The minimum atomic E-state index is -0.513. The molecular weight excluding hydrogens is 522 g/mol. The van der Waals surface area contributed by atoms with Crippen LogP contribution in [0.2, 0.25) is 0 Å². The molecule has 5 rings (SSSR count). The fourth-order valence-corrected chi connectivity index (χ4v) is 6.04. The lowest BCUT2D eigenvalue weighted by Crippen LogP contribution is -2.50. The summed E-state index contributed by atoms with van der Waals surface area (Å²) in [4.78, 5) is 27.0. The molecule has 3 atom stereocenters. The topological polar surface area (TPSA) is 90.8 Å². The molecule has 9 heteroatoms. The molecule has 194 valence electrons. The van der Waals surface area contributed by atoms with Crippen LogP contribution >= 0.6 is 15.9 Å². The van der Waals surface area contributed by atoms with E-state index in [1.807, 2.05) is 17.0 Å². The van der Waals surface area contributed by atoms with E-state index in [0.717, 1.165) is 79.2 Å². The molecule has 2 fully saturated rings. The largest absolute Gasteiger partial charge is 0.387 e. The van der Waals surface area contributed by atoms with E-state index in [9.17, 15) is 9.90 Å². The van der Waals surface area contributed by atoms with Crippen molar-refractivity contribution in [3.05, 3.63) is 51.9 Å². The van der Waals surface area contributed by atoms with E-state index in [-0.39, 0.29) is 17.7 Å². The van der Waals surface area contributed by atoms with Gasteiger partial charge in [-0.05, 0) is 55.8 Å². The second-order valence-corrected chi connectivity index (χ2v) is 11.1. The number of halogens is 1. The lowest BCUT2D eigenvalue weighted by molar-refractivity contribution is -0.133. The molecule has 2 saturated heterocycles. The maximum Gasteiger partial charge on any atom is 0.230 e. The maximum atomic E-state index is 13.8. The first-order chi connectivity index (χ1) is 17.5. The molecule has 0 bridgehead atoms. The van der Waals surface area contributed by atoms with Crippen molar-refractivity contribution in [3.8, 4) is 0 Å². The predicted molar refractivity (Wildman–Crippen MR) is 142 cm³/mol. The van der Waals surface area contributed by atoms with E-state index < -0.39 is 6.10 Å². The Morgan fingerprint density at radius 2 is 1.89 bits per heavy atom. The van der Waals surface area contributed by atoms with Gasteiger partial charge < -0.3 is 25.0 Å². The zero-order valence-electron chi connectivity index (χ0n) is 20.9. The number of carbonyl (C=O) groups excluding carboxylic acids is 1. The molecule has 0 radical (unpaired) electrons. The van der Waals surface area contributed by atoms with E-state index in [4.69, 9.17) is 4.74 Å². The minimum absolute atomic E-state index is 0.171. The number of aromatic nitrogens is 2. The first kappa shape index (κ1) is 25.6. The van der Waals surface area contributed by atoms with Crippen LogP contribution in [0, 0.1) is 0 Å². The van der Waals surface area contributed by atoms with Gasteiger partial charge in [0.25, 0.3) is 0 Å². The summed E-state index contributed by atoms with van der Waals surface area (Å²) in [7, 11) is 0. The van der Waals surface area contributed by atoms with Gasteiger partial charge in [0.05, 0.1) is 17.7 Å². The third-order valence-electron chi connectivity index (χ3n) is 7.83. The summed E-state index contributed by atoms with van der Waals surface area (Å²) in [6.07, 6.45) is 4.56. The van der Waals surface area contributed by atoms with Gasteiger partial charge in [0.15, 0.2) is 0 Å². The van der Waals surface area contributed by atoms with Crippen molar-refractivity contribution >= 4 is 27.7 Å². The molecule has 0 saturated carbocycles. The van der Waals surface area contributed by atoms with Crippen LogP contribution in [0.1, 0.15) is 67.4 Å². The molecule has 1 unspecified atom stereocenters. The Bertz CT molecular complexity index is 1040. The Balaban J connectivity index is 1.24. The maximum absolute atomic E-state index is 13.8. The normalized spacial score (nSPS) is 23.5. The van der Waals surface area contributed by atoms with E-state index >= 15 is 0 Å². The number of aliphatic hydroxyl groups is 1. The summed E-state index contributed by atoms with van der Waals surface area (Å²) < 4.78 is 6.49. The molecule has 1 amide bonds. The van der Waals surface area contributed by atoms with Crippen LogP contribution in [-0.2, 0) is 9.53 Å². The molecule has 0 spiro atoms. The monoisotopic (exact) mass is 557 g/mol. The van der Waals surface area contributed by atoms with Gasteiger partial charge in [-0.1, -0.05) is 35.0 Å². The molecule has 36 heavy (non-hydrogen) atoms. The van der Waals surface area contributed by atoms with Crippen LogP contribution in [-0.4, -0.2) is 77.9 Å². The van der Waals surface area contributed by atoms with Crippen LogP contribution in [0.25, 0.3) is 0 Å². The summed E-state index contributed by atoms with van der Waals surface area (Å²) >= 11 is 3.52. The van der Waals surface area contributed by atoms with Gasteiger partial charge in [-0.25, -0.2) is 9.97 Å². The number of rotatable bonds is 7.